The zero-order valence-electron chi connectivity index (χ0n) is 9.87. The Balaban J connectivity index is 2.87. The van der Waals surface area contributed by atoms with E-state index in [0.29, 0.717) is 0 Å². The van der Waals surface area contributed by atoms with Crippen molar-refractivity contribution in [1.29, 1.82) is 0 Å². The summed E-state index contributed by atoms with van der Waals surface area (Å²) in [5.41, 5.74) is 5.38. The quantitative estimate of drug-likeness (QED) is 0.573. The van der Waals surface area contributed by atoms with Gasteiger partial charge in [-0.15, -0.1) is 0 Å². The van der Waals surface area contributed by atoms with Crippen LogP contribution in [0, 0.1) is 10.1 Å². The maximum atomic E-state index is 11.7. The summed E-state index contributed by atoms with van der Waals surface area (Å²) in [6, 6.07) is 5.43. The molecule has 8 heteroatoms. The fraction of sp³-hybridized carbons (Fsp3) is 0.400. The topological polar surface area (TPSA) is 115 Å². The largest absolute Gasteiger partial charge is 0.327 e. The van der Waals surface area contributed by atoms with Gasteiger partial charge in [-0.1, -0.05) is 18.2 Å². The predicted octanol–water partition coefficient (Wildman–Crippen LogP) is 0.361. The fourth-order valence-electron chi connectivity index (χ4n) is 1.33. The molecule has 1 unspecified atom stereocenters. The molecule has 1 aromatic carbocycles. The average molecular weight is 273 g/mol. The number of nitrogens with one attached hydrogen (secondary N) is 1. The van der Waals surface area contributed by atoms with Crippen LogP contribution in [0.25, 0.3) is 0 Å². The van der Waals surface area contributed by atoms with Crippen molar-refractivity contribution in [2.45, 2.75) is 18.7 Å². The van der Waals surface area contributed by atoms with E-state index in [1.807, 2.05) is 0 Å². The molecule has 0 aliphatic heterocycles. The molecule has 0 aliphatic rings. The Labute approximate surface area is 105 Å². The highest BCUT2D eigenvalue weighted by Gasteiger charge is 2.19. The van der Waals surface area contributed by atoms with E-state index >= 15 is 0 Å². The first kappa shape index (κ1) is 14.6. The zero-order chi connectivity index (χ0) is 13.8. The van der Waals surface area contributed by atoms with Crippen LogP contribution in [0.15, 0.2) is 24.3 Å². The molecule has 0 spiro atoms. The van der Waals surface area contributed by atoms with Crippen LogP contribution in [0.1, 0.15) is 12.5 Å². The number of hydrogen-bond acceptors (Lipinski definition) is 5. The molecule has 7 nitrogen and oxygen atoms in total. The van der Waals surface area contributed by atoms with Crippen LogP contribution in [0.2, 0.25) is 0 Å². The first-order valence-corrected chi connectivity index (χ1v) is 6.92. The molecule has 100 valence electrons. The number of sulfonamides is 1. The van der Waals surface area contributed by atoms with Crippen molar-refractivity contribution in [3.8, 4) is 0 Å². The molecular weight excluding hydrogens is 258 g/mol. The number of hydrogen-bond donors (Lipinski definition) is 2. The second-order valence-corrected chi connectivity index (χ2v) is 5.78. The SMILES string of the molecule is CC(N)CNS(=O)(=O)Cc1ccccc1[N+](=O)[O-]. The summed E-state index contributed by atoms with van der Waals surface area (Å²) in [6.45, 7) is 1.76. The van der Waals surface area contributed by atoms with E-state index < -0.39 is 20.7 Å². The van der Waals surface area contributed by atoms with Gasteiger partial charge in [-0.05, 0) is 6.92 Å². The van der Waals surface area contributed by atoms with Crippen LogP contribution in [0.5, 0.6) is 0 Å². The Morgan fingerprint density at radius 1 is 1.44 bits per heavy atom. The van der Waals surface area contributed by atoms with E-state index in [4.69, 9.17) is 5.73 Å². The summed E-state index contributed by atoms with van der Waals surface area (Å²) >= 11 is 0. The molecule has 0 bridgehead atoms. The summed E-state index contributed by atoms with van der Waals surface area (Å²) < 4.78 is 25.7. The highest BCUT2D eigenvalue weighted by atomic mass is 32.2. The zero-order valence-corrected chi connectivity index (χ0v) is 10.7. The Hall–Kier alpha value is -1.51. The Bertz CT molecular complexity index is 528. The molecule has 1 rings (SSSR count). The van der Waals surface area contributed by atoms with Crippen LogP contribution in [0.3, 0.4) is 0 Å². The number of nitro groups is 1. The highest BCUT2D eigenvalue weighted by molar-refractivity contribution is 7.88. The van der Waals surface area contributed by atoms with Gasteiger partial charge < -0.3 is 5.73 Å². The van der Waals surface area contributed by atoms with Crippen molar-refractivity contribution in [1.82, 2.24) is 4.72 Å². The van der Waals surface area contributed by atoms with Gasteiger partial charge in [0.1, 0.15) is 0 Å². The molecule has 0 saturated carbocycles. The van der Waals surface area contributed by atoms with Crippen LogP contribution in [-0.4, -0.2) is 25.9 Å². The van der Waals surface area contributed by atoms with Crippen molar-refractivity contribution in [3.05, 3.63) is 39.9 Å². The molecule has 3 N–H and O–H groups in total. The minimum atomic E-state index is -3.62. The van der Waals surface area contributed by atoms with Crippen LogP contribution in [0.4, 0.5) is 5.69 Å². The Morgan fingerprint density at radius 2 is 2.06 bits per heavy atom. The van der Waals surface area contributed by atoms with E-state index in [9.17, 15) is 18.5 Å². The number of benzene rings is 1. The number of para-hydroxylation sites is 1. The van der Waals surface area contributed by atoms with Gasteiger partial charge in [0.2, 0.25) is 10.0 Å². The lowest BCUT2D eigenvalue weighted by Gasteiger charge is -2.09. The van der Waals surface area contributed by atoms with Gasteiger partial charge in [0.25, 0.3) is 5.69 Å². The Kier molecular flexibility index (Phi) is 4.76. The van der Waals surface area contributed by atoms with E-state index in [0.717, 1.165) is 0 Å². The summed E-state index contributed by atoms with van der Waals surface area (Å²) in [7, 11) is -3.62. The van der Waals surface area contributed by atoms with E-state index in [1.165, 1.54) is 18.2 Å². The maximum Gasteiger partial charge on any atom is 0.273 e. The molecule has 0 heterocycles. The Morgan fingerprint density at radius 3 is 2.61 bits per heavy atom. The average Bonchev–Trinajstić information content (AvgIpc) is 2.26. The molecule has 1 atom stereocenters. The molecule has 0 aliphatic carbocycles. The molecule has 0 aromatic heterocycles. The normalized spacial score (nSPS) is 13.2. The highest BCUT2D eigenvalue weighted by Crippen LogP contribution is 2.19. The first-order valence-electron chi connectivity index (χ1n) is 5.27. The molecule has 0 radical (unpaired) electrons. The van der Waals surface area contributed by atoms with Crippen molar-refractivity contribution in [2.75, 3.05) is 6.54 Å². The predicted molar refractivity (Wildman–Crippen MR) is 67.4 cm³/mol. The van der Waals surface area contributed by atoms with E-state index in [-0.39, 0.29) is 23.8 Å². The molecule has 18 heavy (non-hydrogen) atoms. The summed E-state index contributed by atoms with van der Waals surface area (Å²) in [5.74, 6) is -0.434. The lowest BCUT2D eigenvalue weighted by Crippen LogP contribution is -2.35. The lowest BCUT2D eigenvalue weighted by atomic mass is 10.2. The third-order valence-corrected chi connectivity index (χ3v) is 3.46. The van der Waals surface area contributed by atoms with Crippen molar-refractivity contribution in [2.24, 2.45) is 5.73 Å². The number of nitrogens with two attached hydrogens (primary N) is 1. The van der Waals surface area contributed by atoms with E-state index in [1.54, 1.807) is 13.0 Å². The summed E-state index contributed by atoms with van der Waals surface area (Å²) in [5, 5.41) is 10.7. The third kappa shape index (κ3) is 4.40. The number of rotatable bonds is 6. The minimum Gasteiger partial charge on any atom is -0.327 e. The summed E-state index contributed by atoms with van der Waals surface area (Å²) in [6.07, 6.45) is 0. The van der Waals surface area contributed by atoms with Crippen molar-refractivity contribution in [3.63, 3.8) is 0 Å². The summed E-state index contributed by atoms with van der Waals surface area (Å²) in [4.78, 5) is 10.1. The number of nitro benzene ring substituents is 1. The monoisotopic (exact) mass is 273 g/mol. The van der Waals surface area contributed by atoms with Crippen LogP contribution < -0.4 is 10.5 Å². The van der Waals surface area contributed by atoms with Gasteiger partial charge in [0, 0.05) is 24.2 Å². The van der Waals surface area contributed by atoms with Crippen molar-refractivity contribution >= 4 is 15.7 Å². The smallest absolute Gasteiger partial charge is 0.273 e. The third-order valence-electron chi connectivity index (χ3n) is 2.16. The van der Waals surface area contributed by atoms with Crippen molar-refractivity contribution < 1.29 is 13.3 Å². The number of nitrogens with zero attached hydrogens (tertiary/aromatic N) is 1. The standard InChI is InChI=1S/C10H15N3O4S/c1-8(11)6-12-18(16,17)7-9-4-2-3-5-10(9)13(14)15/h2-5,8,12H,6-7,11H2,1H3. The van der Waals surface area contributed by atoms with Gasteiger partial charge >= 0.3 is 0 Å². The van der Waals surface area contributed by atoms with Crippen LogP contribution >= 0.6 is 0 Å². The van der Waals surface area contributed by atoms with E-state index in [2.05, 4.69) is 4.72 Å². The molecule has 0 amide bonds. The van der Waals surface area contributed by atoms with Gasteiger partial charge in [-0.2, -0.15) is 0 Å². The first-order chi connectivity index (χ1) is 8.32. The van der Waals surface area contributed by atoms with Gasteiger partial charge in [-0.25, -0.2) is 13.1 Å². The van der Waals surface area contributed by atoms with Gasteiger partial charge in [-0.3, -0.25) is 10.1 Å². The molecule has 0 saturated heterocycles. The van der Waals surface area contributed by atoms with Crippen LogP contribution in [-0.2, 0) is 15.8 Å². The molecule has 0 fully saturated rings. The molecular formula is C10H15N3O4S. The van der Waals surface area contributed by atoms with Gasteiger partial charge in [0.15, 0.2) is 0 Å². The molecule has 1 aromatic rings. The second-order valence-electron chi connectivity index (χ2n) is 3.97. The maximum absolute atomic E-state index is 11.7. The lowest BCUT2D eigenvalue weighted by molar-refractivity contribution is -0.385. The second kappa shape index (κ2) is 5.89. The van der Waals surface area contributed by atoms with Gasteiger partial charge in [0.05, 0.1) is 10.7 Å². The fourth-order valence-corrected chi connectivity index (χ4v) is 2.60. The minimum absolute atomic E-state index is 0.100.